The topological polar surface area (TPSA) is 86.0 Å². The highest BCUT2D eigenvalue weighted by atomic mass is 16.6. The summed E-state index contributed by atoms with van der Waals surface area (Å²) in [7, 11) is 0. The van der Waals surface area contributed by atoms with Gasteiger partial charge < -0.3 is 19.0 Å². The molecule has 6 heteroatoms. The zero-order valence-electron chi connectivity index (χ0n) is 18.2. The van der Waals surface area contributed by atoms with E-state index in [0.717, 1.165) is 16.5 Å². The summed E-state index contributed by atoms with van der Waals surface area (Å²) in [6, 6.07) is 16.6. The summed E-state index contributed by atoms with van der Waals surface area (Å²) in [6.07, 6.45) is 2.47. The highest BCUT2D eigenvalue weighted by Crippen LogP contribution is 2.39. The van der Waals surface area contributed by atoms with Gasteiger partial charge in [0.25, 0.3) is 0 Å². The highest BCUT2D eigenvalue weighted by Gasteiger charge is 2.44. The van der Waals surface area contributed by atoms with Crippen molar-refractivity contribution in [1.82, 2.24) is 0 Å². The van der Waals surface area contributed by atoms with Crippen LogP contribution in [-0.2, 0) is 22.4 Å². The van der Waals surface area contributed by atoms with E-state index in [-0.39, 0.29) is 13.0 Å². The highest BCUT2D eigenvalue weighted by molar-refractivity contribution is 5.88. The molecule has 2 atom stereocenters. The Morgan fingerprint density at radius 2 is 2.00 bits per heavy atom. The van der Waals surface area contributed by atoms with Crippen molar-refractivity contribution < 1.29 is 23.8 Å². The van der Waals surface area contributed by atoms with Gasteiger partial charge in [0.2, 0.25) is 0 Å². The number of fused-ring (bicyclic) bond motifs is 2. The number of carbonyl (C=O) groups is 1. The van der Waals surface area contributed by atoms with E-state index >= 15 is 0 Å². The molecule has 166 valence electrons. The number of aliphatic hydroxyl groups excluding tert-OH is 1. The third-order valence-corrected chi connectivity index (χ3v) is 5.87. The van der Waals surface area contributed by atoms with Gasteiger partial charge in [0.1, 0.15) is 17.4 Å². The van der Waals surface area contributed by atoms with Crippen molar-refractivity contribution in [2.24, 2.45) is 0 Å². The molecule has 3 aromatic rings. The molecule has 0 saturated carbocycles. The van der Waals surface area contributed by atoms with Gasteiger partial charge in [0.15, 0.2) is 5.60 Å². The van der Waals surface area contributed by atoms with Gasteiger partial charge in [-0.15, -0.1) is 0 Å². The van der Waals surface area contributed by atoms with Crippen molar-refractivity contribution in [3.63, 3.8) is 0 Å². The largest absolute Gasteiger partial charge is 0.485 e. The molecule has 1 aliphatic rings. The Hall–Kier alpha value is -3.38. The van der Waals surface area contributed by atoms with Crippen molar-refractivity contribution in [1.29, 1.82) is 0 Å². The smallest absolute Gasteiger partial charge is 0.336 e. The molecule has 2 aromatic carbocycles. The van der Waals surface area contributed by atoms with E-state index in [4.69, 9.17) is 13.9 Å². The number of esters is 1. The van der Waals surface area contributed by atoms with E-state index in [1.54, 1.807) is 25.1 Å². The normalized spacial score (nSPS) is 17.5. The quantitative estimate of drug-likeness (QED) is 0.344. The molecule has 1 N–H and O–H groups in total. The van der Waals surface area contributed by atoms with Gasteiger partial charge in [-0.05, 0) is 37.1 Å². The fraction of sp³-hybridized carbons (Fsp3) is 0.308. The lowest BCUT2D eigenvalue weighted by atomic mass is 9.88. The van der Waals surface area contributed by atoms with Gasteiger partial charge in [0, 0.05) is 49.0 Å². The van der Waals surface area contributed by atoms with Gasteiger partial charge in [-0.1, -0.05) is 36.4 Å². The van der Waals surface area contributed by atoms with Crippen LogP contribution in [0.3, 0.4) is 0 Å². The van der Waals surface area contributed by atoms with Crippen LogP contribution in [0.2, 0.25) is 0 Å². The van der Waals surface area contributed by atoms with E-state index in [9.17, 15) is 14.7 Å². The lowest BCUT2D eigenvalue weighted by Crippen LogP contribution is -2.48. The summed E-state index contributed by atoms with van der Waals surface area (Å²) in [5.74, 6) is 0.157. The first-order chi connectivity index (χ1) is 15.4. The van der Waals surface area contributed by atoms with Crippen LogP contribution in [0.5, 0.6) is 5.75 Å². The molecular weight excluding hydrogens is 408 g/mol. The summed E-state index contributed by atoms with van der Waals surface area (Å²) in [5.41, 5.74) is 1.48. The van der Waals surface area contributed by atoms with Crippen LogP contribution in [0.1, 0.15) is 31.4 Å². The lowest BCUT2D eigenvalue weighted by molar-refractivity contribution is -0.162. The van der Waals surface area contributed by atoms with Crippen LogP contribution < -0.4 is 10.4 Å². The predicted octanol–water partition coefficient (Wildman–Crippen LogP) is 3.97. The molecule has 0 radical (unpaired) electrons. The van der Waals surface area contributed by atoms with Crippen molar-refractivity contribution in [3.8, 4) is 5.75 Å². The molecule has 1 aromatic heterocycles. The molecule has 2 heterocycles. The maximum absolute atomic E-state index is 12.9. The minimum atomic E-state index is -0.964. The van der Waals surface area contributed by atoms with Crippen LogP contribution in [0, 0.1) is 0 Å². The summed E-state index contributed by atoms with van der Waals surface area (Å²) in [5, 5.41) is 10.1. The molecule has 0 saturated heterocycles. The third-order valence-electron chi connectivity index (χ3n) is 5.87. The molecule has 0 spiro atoms. The van der Waals surface area contributed by atoms with Crippen molar-refractivity contribution in [2.75, 3.05) is 6.61 Å². The second-order valence-corrected chi connectivity index (χ2v) is 8.21. The summed E-state index contributed by atoms with van der Waals surface area (Å²) in [4.78, 5) is 24.5. The van der Waals surface area contributed by atoms with E-state index in [0.29, 0.717) is 29.7 Å². The first kappa shape index (κ1) is 21.8. The Labute approximate surface area is 186 Å². The lowest BCUT2D eigenvalue weighted by Gasteiger charge is -2.35. The summed E-state index contributed by atoms with van der Waals surface area (Å²) >= 11 is 0. The molecule has 4 rings (SSSR count). The van der Waals surface area contributed by atoms with Gasteiger partial charge in [-0.25, -0.2) is 9.59 Å². The van der Waals surface area contributed by atoms with Gasteiger partial charge >= 0.3 is 11.6 Å². The molecule has 0 fully saturated rings. The molecule has 6 nitrogen and oxygen atoms in total. The Bertz CT molecular complexity index is 1210. The molecule has 0 bridgehead atoms. The number of allylic oxidation sites excluding steroid dienone is 1. The fourth-order valence-corrected chi connectivity index (χ4v) is 4.13. The molecule has 2 unspecified atom stereocenters. The van der Waals surface area contributed by atoms with Crippen molar-refractivity contribution >= 4 is 16.9 Å². The zero-order valence-corrected chi connectivity index (χ0v) is 18.2. The average Bonchev–Trinajstić information content (AvgIpc) is 3.20. The van der Waals surface area contributed by atoms with Gasteiger partial charge in [0.05, 0.1) is 0 Å². The molecule has 0 aliphatic carbocycles. The summed E-state index contributed by atoms with van der Waals surface area (Å²) in [6.45, 7) is 3.50. The Morgan fingerprint density at radius 3 is 2.72 bits per heavy atom. The van der Waals surface area contributed by atoms with Gasteiger partial charge in [-0.3, -0.25) is 0 Å². The number of benzene rings is 2. The zero-order chi connectivity index (χ0) is 22.7. The molecule has 32 heavy (non-hydrogen) atoms. The maximum atomic E-state index is 12.9. The van der Waals surface area contributed by atoms with E-state index in [1.165, 1.54) is 6.07 Å². The minimum absolute atomic E-state index is 0.132. The number of rotatable bonds is 7. The van der Waals surface area contributed by atoms with Gasteiger partial charge in [-0.2, -0.15) is 0 Å². The van der Waals surface area contributed by atoms with Crippen LogP contribution in [-0.4, -0.2) is 29.4 Å². The second kappa shape index (κ2) is 9.01. The standard InChI is InChI=1S/C26H26O6/c1-3-18(11-12-27)25(29)32-26(2,16-17-7-5-4-6-8-17)23-14-20-13-19-9-10-24(28)31-21(19)15-22(20)30-23/h3-10,13,15,23,27H,11-12,14,16H2,1-2H3. The maximum Gasteiger partial charge on any atom is 0.336 e. The number of carbonyl (C=O) groups excluding carboxylic acids is 1. The van der Waals surface area contributed by atoms with Crippen LogP contribution >= 0.6 is 0 Å². The first-order valence-corrected chi connectivity index (χ1v) is 10.7. The van der Waals surface area contributed by atoms with E-state index < -0.39 is 23.3 Å². The second-order valence-electron chi connectivity index (χ2n) is 8.21. The molecule has 0 amide bonds. The average molecular weight is 434 g/mol. The Morgan fingerprint density at radius 1 is 1.22 bits per heavy atom. The summed E-state index contributed by atoms with van der Waals surface area (Å²) < 4.78 is 17.6. The SMILES string of the molecule is CC=C(CCO)C(=O)OC(C)(Cc1ccccc1)C1Cc2cc3ccc(=O)oc3cc2O1. The Balaban J connectivity index is 1.66. The van der Waals surface area contributed by atoms with E-state index in [1.807, 2.05) is 43.3 Å². The third kappa shape index (κ3) is 4.46. The van der Waals surface area contributed by atoms with Crippen LogP contribution in [0.15, 0.2) is 75.5 Å². The minimum Gasteiger partial charge on any atom is -0.485 e. The molecule has 1 aliphatic heterocycles. The van der Waals surface area contributed by atoms with E-state index in [2.05, 4.69) is 0 Å². The van der Waals surface area contributed by atoms with Crippen molar-refractivity contribution in [2.45, 2.75) is 44.8 Å². The predicted molar refractivity (Wildman–Crippen MR) is 121 cm³/mol. The number of hydrogen-bond donors (Lipinski definition) is 1. The number of hydrogen-bond acceptors (Lipinski definition) is 6. The van der Waals surface area contributed by atoms with Crippen molar-refractivity contribution in [3.05, 3.63) is 87.8 Å². The fourth-order valence-electron chi connectivity index (χ4n) is 4.13. The van der Waals surface area contributed by atoms with Crippen LogP contribution in [0.25, 0.3) is 11.0 Å². The van der Waals surface area contributed by atoms with Crippen LogP contribution in [0.4, 0.5) is 0 Å². The monoisotopic (exact) mass is 434 g/mol. The number of ether oxygens (including phenoxy) is 2. The first-order valence-electron chi connectivity index (χ1n) is 10.7. The molecular formula is C26H26O6. The number of aliphatic hydroxyl groups is 1. The Kier molecular flexibility index (Phi) is 6.15.